The van der Waals surface area contributed by atoms with Crippen LogP contribution in [0.5, 0.6) is 5.75 Å². The van der Waals surface area contributed by atoms with Crippen LogP contribution in [0, 0.1) is 0 Å². The first-order valence-corrected chi connectivity index (χ1v) is 11.1. The molecule has 0 spiro atoms. The zero-order valence-corrected chi connectivity index (χ0v) is 18.6. The minimum atomic E-state index is -4.75. The van der Waals surface area contributed by atoms with Crippen LogP contribution in [0.25, 0.3) is 0 Å². The van der Waals surface area contributed by atoms with Crippen molar-refractivity contribution in [3.63, 3.8) is 0 Å². The fourth-order valence-electron chi connectivity index (χ4n) is 4.54. The quantitative estimate of drug-likeness (QED) is 0.666. The maximum atomic E-state index is 12.5. The van der Waals surface area contributed by atoms with Gasteiger partial charge in [-0.05, 0) is 36.5 Å². The molecule has 0 aliphatic carbocycles. The molecule has 33 heavy (non-hydrogen) atoms. The predicted octanol–water partition coefficient (Wildman–Crippen LogP) is 3.01. The van der Waals surface area contributed by atoms with Gasteiger partial charge in [-0.1, -0.05) is 31.1 Å². The third kappa shape index (κ3) is 5.84. The summed E-state index contributed by atoms with van der Waals surface area (Å²) in [5, 5.41) is 24.9. The number of β-amino-alcohol motifs (C(OH)–C–C–N with tert-alkyl or cyclic N) is 1. The van der Waals surface area contributed by atoms with Crippen LogP contribution in [-0.4, -0.2) is 75.2 Å². The second-order valence-corrected chi connectivity index (χ2v) is 9.13. The maximum absolute atomic E-state index is 12.5. The van der Waals surface area contributed by atoms with Crippen LogP contribution in [-0.2, 0) is 0 Å². The van der Waals surface area contributed by atoms with Crippen LogP contribution in [0.3, 0.4) is 0 Å². The van der Waals surface area contributed by atoms with Crippen molar-refractivity contribution in [2.75, 3.05) is 26.2 Å². The molecule has 2 aliphatic heterocycles. The fraction of sp³-hybridized carbons (Fsp3) is 0.636. The highest BCUT2D eigenvalue weighted by Crippen LogP contribution is 2.37. The van der Waals surface area contributed by atoms with Crippen molar-refractivity contribution in [1.82, 2.24) is 19.9 Å². The highest BCUT2D eigenvalue weighted by molar-refractivity contribution is 5.30. The molecule has 4 atom stereocenters. The average molecular weight is 470 g/mol. The first kappa shape index (κ1) is 23.9. The molecular weight excluding hydrogens is 441 g/mol. The number of aliphatic hydroxyl groups excluding tert-OH is 2. The van der Waals surface area contributed by atoms with Gasteiger partial charge in [-0.25, -0.2) is 0 Å². The highest BCUT2D eigenvalue weighted by atomic mass is 19.4. The van der Waals surface area contributed by atoms with Crippen LogP contribution < -0.4 is 4.74 Å². The van der Waals surface area contributed by atoms with Crippen LogP contribution in [0.15, 0.2) is 28.8 Å². The van der Waals surface area contributed by atoms with Gasteiger partial charge in [0, 0.05) is 32.1 Å². The Morgan fingerprint density at radius 2 is 1.79 bits per heavy atom. The van der Waals surface area contributed by atoms with Crippen molar-refractivity contribution in [1.29, 1.82) is 0 Å². The van der Waals surface area contributed by atoms with E-state index in [0.29, 0.717) is 50.7 Å². The molecule has 1 aromatic carbocycles. The average Bonchev–Trinajstić information content (AvgIpc) is 3.42. The summed E-state index contributed by atoms with van der Waals surface area (Å²) in [6, 6.07) is 5.83. The monoisotopic (exact) mass is 470 g/mol. The van der Waals surface area contributed by atoms with Gasteiger partial charge in [-0.3, -0.25) is 9.80 Å². The SMILES string of the molecule is CC(C)c1noc(C2CC(c3ccc(OC(F)(F)F)cc3)CN(C(O)N3CCC(O)C3)C2)n1. The number of alkyl halides is 3. The number of hydrogen-bond acceptors (Lipinski definition) is 8. The van der Waals surface area contributed by atoms with E-state index in [2.05, 4.69) is 14.9 Å². The number of piperidine rings is 1. The zero-order valence-electron chi connectivity index (χ0n) is 18.6. The summed E-state index contributed by atoms with van der Waals surface area (Å²) in [5.41, 5.74) is 0.830. The molecule has 2 aromatic rings. The first-order valence-electron chi connectivity index (χ1n) is 11.1. The fourth-order valence-corrected chi connectivity index (χ4v) is 4.54. The van der Waals surface area contributed by atoms with Gasteiger partial charge in [0.25, 0.3) is 0 Å². The molecule has 2 saturated heterocycles. The van der Waals surface area contributed by atoms with Crippen LogP contribution >= 0.6 is 0 Å². The summed E-state index contributed by atoms with van der Waals surface area (Å²) in [4.78, 5) is 8.25. The molecule has 0 bridgehead atoms. The molecule has 1 aromatic heterocycles. The smallest absolute Gasteiger partial charge is 0.406 e. The largest absolute Gasteiger partial charge is 0.573 e. The van der Waals surface area contributed by atoms with Gasteiger partial charge in [0.2, 0.25) is 5.89 Å². The number of ether oxygens (including phenoxy) is 1. The number of benzene rings is 1. The van der Waals surface area contributed by atoms with Gasteiger partial charge < -0.3 is 19.5 Å². The van der Waals surface area contributed by atoms with Crippen molar-refractivity contribution < 1.29 is 32.6 Å². The molecular formula is C22H29F3N4O4. The minimum absolute atomic E-state index is 0.0831. The van der Waals surface area contributed by atoms with Crippen LogP contribution in [0.4, 0.5) is 13.2 Å². The van der Waals surface area contributed by atoms with E-state index in [0.717, 1.165) is 5.56 Å². The van der Waals surface area contributed by atoms with Gasteiger partial charge in [0.15, 0.2) is 12.2 Å². The summed E-state index contributed by atoms with van der Waals surface area (Å²) in [6.45, 7) is 5.88. The Morgan fingerprint density at radius 3 is 2.36 bits per heavy atom. The molecule has 0 saturated carbocycles. The molecule has 2 aliphatic rings. The lowest BCUT2D eigenvalue weighted by Gasteiger charge is -2.41. The lowest BCUT2D eigenvalue weighted by molar-refractivity contribution is -0.274. The molecule has 2 fully saturated rings. The maximum Gasteiger partial charge on any atom is 0.573 e. The molecule has 4 rings (SSSR count). The normalized spacial score (nSPS) is 26.1. The second kappa shape index (κ2) is 9.57. The molecule has 2 N–H and O–H groups in total. The van der Waals surface area contributed by atoms with E-state index in [4.69, 9.17) is 4.52 Å². The van der Waals surface area contributed by atoms with E-state index in [9.17, 15) is 23.4 Å². The molecule has 8 nitrogen and oxygen atoms in total. The number of aliphatic hydroxyl groups is 2. The number of aromatic nitrogens is 2. The molecule has 0 radical (unpaired) electrons. The van der Waals surface area contributed by atoms with Crippen molar-refractivity contribution in [2.45, 2.75) is 63.3 Å². The topological polar surface area (TPSA) is 95.1 Å². The van der Waals surface area contributed by atoms with Crippen molar-refractivity contribution >= 4 is 0 Å². The van der Waals surface area contributed by atoms with Crippen molar-refractivity contribution in [3.8, 4) is 5.75 Å². The standard InChI is InChI=1S/C22H29F3N4O4/c1-13(2)19-26-20(33-27-19)16-9-15(14-3-5-18(6-4-14)32-22(23,24)25)10-29(11-16)21(31)28-8-7-17(30)12-28/h3-6,13,15-17,21,30-31H,7-12H2,1-2H3. The van der Waals surface area contributed by atoms with Gasteiger partial charge in [-0.15, -0.1) is 13.2 Å². The van der Waals surface area contributed by atoms with Crippen LogP contribution in [0.2, 0.25) is 0 Å². The Bertz CT molecular complexity index is 921. The van der Waals surface area contributed by atoms with E-state index in [1.807, 2.05) is 23.6 Å². The lowest BCUT2D eigenvalue weighted by atomic mass is 9.84. The third-order valence-corrected chi connectivity index (χ3v) is 6.23. The van der Waals surface area contributed by atoms with E-state index in [1.165, 1.54) is 12.1 Å². The van der Waals surface area contributed by atoms with Gasteiger partial charge in [-0.2, -0.15) is 4.98 Å². The summed E-state index contributed by atoms with van der Waals surface area (Å²) < 4.78 is 47.0. The van der Waals surface area contributed by atoms with Crippen molar-refractivity contribution in [2.24, 2.45) is 0 Å². The third-order valence-electron chi connectivity index (χ3n) is 6.23. The van der Waals surface area contributed by atoms with E-state index >= 15 is 0 Å². The number of halogens is 3. The predicted molar refractivity (Wildman–Crippen MR) is 111 cm³/mol. The Morgan fingerprint density at radius 1 is 1.09 bits per heavy atom. The van der Waals surface area contributed by atoms with Gasteiger partial charge in [0.05, 0.1) is 12.0 Å². The molecule has 3 heterocycles. The molecule has 4 unspecified atom stereocenters. The Kier molecular flexibility index (Phi) is 6.94. The summed E-state index contributed by atoms with van der Waals surface area (Å²) >= 11 is 0. The van der Waals surface area contributed by atoms with Crippen LogP contribution in [0.1, 0.15) is 61.7 Å². The molecule has 11 heteroatoms. The molecule has 0 amide bonds. The summed E-state index contributed by atoms with van der Waals surface area (Å²) in [5.74, 6) is 0.683. The summed E-state index contributed by atoms with van der Waals surface area (Å²) in [6.07, 6.45) is -4.87. The highest BCUT2D eigenvalue weighted by Gasteiger charge is 2.38. The Hall–Kier alpha value is -2.21. The zero-order chi connectivity index (χ0) is 23.8. The van der Waals surface area contributed by atoms with Gasteiger partial charge in [0.1, 0.15) is 5.75 Å². The van der Waals surface area contributed by atoms with Gasteiger partial charge >= 0.3 is 6.36 Å². The van der Waals surface area contributed by atoms with E-state index < -0.39 is 18.8 Å². The Balaban J connectivity index is 1.56. The number of likely N-dealkylation sites (tertiary alicyclic amines) is 2. The van der Waals surface area contributed by atoms with E-state index in [1.54, 1.807) is 12.1 Å². The Labute approximate surface area is 189 Å². The number of hydrogen-bond donors (Lipinski definition) is 2. The van der Waals surface area contributed by atoms with Crippen molar-refractivity contribution in [3.05, 3.63) is 41.5 Å². The number of nitrogens with zero attached hydrogens (tertiary/aromatic N) is 4. The lowest BCUT2D eigenvalue weighted by Crippen LogP contribution is -2.52. The summed E-state index contributed by atoms with van der Waals surface area (Å²) in [7, 11) is 0. The first-order chi connectivity index (χ1) is 15.6. The molecule has 182 valence electrons. The second-order valence-electron chi connectivity index (χ2n) is 9.13. The van der Waals surface area contributed by atoms with E-state index in [-0.39, 0.29) is 23.5 Å². The number of rotatable bonds is 6. The minimum Gasteiger partial charge on any atom is -0.406 e.